The summed E-state index contributed by atoms with van der Waals surface area (Å²) in [5.41, 5.74) is 0.588. The van der Waals surface area contributed by atoms with Crippen LogP contribution in [0.3, 0.4) is 0 Å². The van der Waals surface area contributed by atoms with Crippen LogP contribution in [0.5, 0.6) is 5.75 Å². The molecular formula is C26H32F2N2O5S. The molecule has 10 heteroatoms. The van der Waals surface area contributed by atoms with E-state index in [1.807, 2.05) is 20.8 Å². The lowest BCUT2D eigenvalue weighted by Gasteiger charge is -2.18. The minimum Gasteiger partial charge on any atom is -0.486 e. The quantitative estimate of drug-likeness (QED) is 0.303. The molecule has 0 unspecified atom stereocenters. The number of ketones is 1. The number of hydrogen-bond acceptors (Lipinski definition) is 6. The second-order valence-electron chi connectivity index (χ2n) is 8.56. The Hall–Kier alpha value is -2.98. The van der Waals surface area contributed by atoms with Crippen LogP contribution < -0.4 is 9.46 Å². The third-order valence-electron chi connectivity index (χ3n) is 5.86. The van der Waals surface area contributed by atoms with Gasteiger partial charge in [0.2, 0.25) is 10.0 Å². The van der Waals surface area contributed by atoms with E-state index in [9.17, 15) is 22.0 Å². The van der Waals surface area contributed by atoms with Gasteiger partial charge in [-0.3, -0.25) is 9.52 Å². The monoisotopic (exact) mass is 522 g/mol. The van der Waals surface area contributed by atoms with Gasteiger partial charge >= 0.3 is 0 Å². The Morgan fingerprint density at radius 2 is 1.75 bits per heavy atom. The van der Waals surface area contributed by atoms with E-state index in [-0.39, 0.29) is 23.4 Å². The maximum atomic E-state index is 14.8. The third kappa shape index (κ3) is 6.61. The van der Waals surface area contributed by atoms with Gasteiger partial charge in [0.25, 0.3) is 0 Å². The minimum atomic E-state index is -3.55. The lowest BCUT2D eigenvalue weighted by atomic mass is 9.97. The molecule has 0 bridgehead atoms. The average Bonchev–Trinajstić information content (AvgIpc) is 3.17. The molecule has 0 amide bonds. The summed E-state index contributed by atoms with van der Waals surface area (Å²) in [6, 6.07) is 6.48. The van der Waals surface area contributed by atoms with Crippen molar-refractivity contribution >= 4 is 32.5 Å². The first-order chi connectivity index (χ1) is 17.1. The zero-order chi connectivity index (χ0) is 26.5. The fourth-order valence-electron chi connectivity index (χ4n) is 3.98. The van der Waals surface area contributed by atoms with E-state index < -0.39 is 33.2 Å². The maximum Gasteiger partial charge on any atom is 0.229 e. The highest BCUT2D eigenvalue weighted by molar-refractivity contribution is 7.92. The number of carbonyl (C=O) groups is 1. The maximum absolute atomic E-state index is 14.8. The van der Waals surface area contributed by atoms with Gasteiger partial charge in [-0.15, -0.1) is 0 Å². The van der Waals surface area contributed by atoms with Gasteiger partial charge in [0.05, 0.1) is 11.8 Å². The number of aryl methyl sites for hydroxylation is 1. The average molecular weight is 523 g/mol. The summed E-state index contributed by atoms with van der Waals surface area (Å²) < 4.78 is 66.6. The highest BCUT2D eigenvalue weighted by atomic mass is 32.2. The van der Waals surface area contributed by atoms with Gasteiger partial charge in [-0.1, -0.05) is 27.2 Å². The van der Waals surface area contributed by atoms with E-state index in [2.05, 4.69) is 9.62 Å². The van der Waals surface area contributed by atoms with Crippen molar-refractivity contribution < 1.29 is 31.1 Å². The number of ether oxygens (including phenoxy) is 1. The molecule has 0 radical (unpaired) electrons. The van der Waals surface area contributed by atoms with Gasteiger partial charge in [0.1, 0.15) is 18.0 Å². The number of fused-ring (bicyclic) bond motifs is 1. The second-order valence-corrected chi connectivity index (χ2v) is 10.3. The van der Waals surface area contributed by atoms with Crippen molar-refractivity contribution in [2.24, 2.45) is 0 Å². The lowest BCUT2D eigenvalue weighted by Crippen LogP contribution is -2.28. The van der Waals surface area contributed by atoms with Crippen LogP contribution in [0.25, 0.3) is 11.0 Å². The molecule has 3 aromatic rings. The summed E-state index contributed by atoms with van der Waals surface area (Å²) in [5, 5.41) is 0.361. The molecule has 0 saturated heterocycles. The number of furan rings is 1. The molecule has 2 aromatic carbocycles. The fraction of sp³-hybridized carbons (Fsp3) is 0.423. The summed E-state index contributed by atoms with van der Waals surface area (Å²) in [4.78, 5) is 15.6. The van der Waals surface area contributed by atoms with Crippen molar-refractivity contribution in [2.75, 3.05) is 37.2 Å². The molecule has 3 rings (SSSR count). The fourth-order valence-corrected chi connectivity index (χ4v) is 4.53. The molecule has 7 nitrogen and oxygen atoms in total. The van der Waals surface area contributed by atoms with Crippen molar-refractivity contribution in [3.05, 3.63) is 58.9 Å². The number of sulfonamides is 1. The number of unbranched alkanes of at least 4 members (excludes halogenated alkanes) is 1. The van der Waals surface area contributed by atoms with Crippen LogP contribution in [0.15, 0.2) is 34.7 Å². The molecule has 1 N–H and O–H groups in total. The first-order valence-electron chi connectivity index (χ1n) is 12.0. The van der Waals surface area contributed by atoms with Crippen molar-refractivity contribution in [2.45, 2.75) is 40.0 Å². The number of carbonyl (C=O) groups excluding carboxylic acids is 1. The Bertz CT molecular complexity index is 1310. The smallest absolute Gasteiger partial charge is 0.229 e. The molecule has 196 valence electrons. The number of likely N-dealkylation sites (N-methyl/N-ethyl adjacent to an activating group) is 1. The van der Waals surface area contributed by atoms with Crippen LogP contribution in [0.2, 0.25) is 0 Å². The van der Waals surface area contributed by atoms with Crippen molar-refractivity contribution in [1.82, 2.24) is 4.90 Å². The number of anilines is 1. The largest absolute Gasteiger partial charge is 0.486 e. The predicted molar refractivity (Wildman–Crippen MR) is 136 cm³/mol. The zero-order valence-electron chi connectivity index (χ0n) is 21.0. The molecule has 1 aromatic heterocycles. The SMILES string of the molecule is CCCCc1oc2ccc(NS(C)(=O)=O)cc2c1C(=O)c1cc(F)c(OCCN(CC)CC)c(F)c1. The summed E-state index contributed by atoms with van der Waals surface area (Å²) in [7, 11) is -3.55. The Kier molecular flexibility index (Phi) is 9.08. The van der Waals surface area contributed by atoms with Crippen molar-refractivity contribution in [3.8, 4) is 5.75 Å². The van der Waals surface area contributed by atoms with Gasteiger partial charge < -0.3 is 14.1 Å². The van der Waals surface area contributed by atoms with Crippen molar-refractivity contribution in [1.29, 1.82) is 0 Å². The van der Waals surface area contributed by atoms with Gasteiger partial charge in [0, 0.05) is 29.6 Å². The number of halogens is 2. The molecule has 0 spiro atoms. The van der Waals surface area contributed by atoms with Crippen LogP contribution in [-0.4, -0.2) is 51.6 Å². The van der Waals surface area contributed by atoms with Gasteiger partial charge in [-0.05, 0) is 49.8 Å². The Labute approximate surface area is 210 Å². The molecular weight excluding hydrogens is 490 g/mol. The van der Waals surface area contributed by atoms with Crippen LogP contribution in [0, 0.1) is 11.6 Å². The van der Waals surface area contributed by atoms with Crippen LogP contribution in [0.1, 0.15) is 55.3 Å². The highest BCUT2D eigenvalue weighted by Gasteiger charge is 2.25. The predicted octanol–water partition coefficient (Wildman–Crippen LogP) is 5.38. The standard InChI is InChI=1S/C26H32F2N2O5S/c1-5-8-9-23-24(19-16-18(29-36(4,32)33)10-11-22(19)35-23)25(31)17-14-20(27)26(21(28)15-17)34-13-12-30(6-2)7-3/h10-11,14-16,29H,5-9,12-13H2,1-4H3. The summed E-state index contributed by atoms with van der Waals surface area (Å²) in [5.74, 6) is -2.71. The van der Waals surface area contributed by atoms with Crippen molar-refractivity contribution in [3.63, 3.8) is 0 Å². The summed E-state index contributed by atoms with van der Waals surface area (Å²) >= 11 is 0. The van der Waals surface area contributed by atoms with E-state index in [1.165, 1.54) is 12.1 Å². The number of nitrogens with one attached hydrogen (secondary N) is 1. The minimum absolute atomic E-state index is 0.104. The van der Waals surface area contributed by atoms with Gasteiger partial charge in [0.15, 0.2) is 23.2 Å². The molecule has 0 aliphatic carbocycles. The summed E-state index contributed by atoms with van der Waals surface area (Å²) in [6.07, 6.45) is 3.03. The molecule has 1 heterocycles. The van der Waals surface area contributed by atoms with E-state index >= 15 is 0 Å². The molecule has 0 saturated carbocycles. The number of benzene rings is 2. The van der Waals surface area contributed by atoms with Crippen LogP contribution in [0.4, 0.5) is 14.5 Å². The zero-order valence-corrected chi connectivity index (χ0v) is 21.8. The molecule has 36 heavy (non-hydrogen) atoms. The van der Waals surface area contributed by atoms with E-state index in [4.69, 9.17) is 9.15 Å². The van der Waals surface area contributed by atoms with Crippen LogP contribution in [-0.2, 0) is 16.4 Å². The molecule has 0 fully saturated rings. The van der Waals surface area contributed by atoms with Gasteiger partial charge in [-0.2, -0.15) is 0 Å². The molecule has 0 aliphatic rings. The molecule has 0 atom stereocenters. The highest BCUT2D eigenvalue weighted by Crippen LogP contribution is 2.33. The Balaban J connectivity index is 1.98. The van der Waals surface area contributed by atoms with Crippen LogP contribution >= 0.6 is 0 Å². The lowest BCUT2D eigenvalue weighted by molar-refractivity contribution is 0.103. The van der Waals surface area contributed by atoms with E-state index in [0.29, 0.717) is 29.7 Å². The first kappa shape index (κ1) is 27.6. The number of rotatable bonds is 13. The van der Waals surface area contributed by atoms with E-state index in [1.54, 1.807) is 6.07 Å². The van der Waals surface area contributed by atoms with E-state index in [0.717, 1.165) is 44.3 Å². The number of hydrogen-bond donors (Lipinski definition) is 1. The normalized spacial score (nSPS) is 11.9. The second kappa shape index (κ2) is 11.8. The first-order valence-corrected chi connectivity index (χ1v) is 13.9. The third-order valence-corrected chi connectivity index (χ3v) is 6.46. The van der Waals surface area contributed by atoms with Gasteiger partial charge in [-0.25, -0.2) is 17.2 Å². The Morgan fingerprint density at radius 1 is 1.08 bits per heavy atom. The Morgan fingerprint density at radius 3 is 2.33 bits per heavy atom. The summed E-state index contributed by atoms with van der Waals surface area (Å²) in [6.45, 7) is 8.16. The molecule has 0 aliphatic heterocycles. The topological polar surface area (TPSA) is 88.8 Å². The number of nitrogens with zero attached hydrogens (tertiary/aromatic N) is 1.